The maximum Gasteiger partial charge on any atom is 0.132 e. The van der Waals surface area contributed by atoms with E-state index in [1.165, 1.54) is 18.5 Å². The number of aromatic nitrogens is 4. The molecule has 1 fully saturated rings. The first kappa shape index (κ1) is 23.7. The molecule has 1 aliphatic heterocycles. The van der Waals surface area contributed by atoms with E-state index in [0.29, 0.717) is 33.7 Å². The third-order valence-corrected chi connectivity index (χ3v) is 6.75. The lowest BCUT2D eigenvalue weighted by Crippen LogP contribution is -2.49. The minimum absolute atomic E-state index is 0.356. The van der Waals surface area contributed by atoms with Gasteiger partial charge in [0.05, 0.1) is 40.6 Å². The fraction of sp³-hybridized carbons (Fsp3) is 0.346. The molecule has 0 atom stereocenters. The van der Waals surface area contributed by atoms with Crippen molar-refractivity contribution >= 4 is 28.3 Å². The number of H-pyrrole nitrogens is 1. The molecule has 35 heavy (non-hydrogen) atoms. The van der Waals surface area contributed by atoms with Gasteiger partial charge < -0.3 is 10.3 Å². The molecule has 0 saturated carbocycles. The molecule has 4 aromatic rings. The molecule has 1 saturated heterocycles. The average Bonchev–Trinajstić information content (AvgIpc) is 3.35. The molecule has 1 aliphatic rings. The van der Waals surface area contributed by atoms with Crippen molar-refractivity contribution in [2.24, 2.45) is 0 Å². The van der Waals surface area contributed by atoms with Gasteiger partial charge in [0, 0.05) is 55.9 Å². The molecule has 3 aromatic heterocycles. The number of halogens is 2. The van der Waals surface area contributed by atoms with Gasteiger partial charge in [-0.15, -0.1) is 0 Å². The Morgan fingerprint density at radius 3 is 2.69 bits per heavy atom. The highest BCUT2D eigenvalue weighted by Gasteiger charge is 2.19. The molecule has 9 heteroatoms. The lowest BCUT2D eigenvalue weighted by molar-refractivity contribution is 0.111. The van der Waals surface area contributed by atoms with Crippen molar-refractivity contribution < 1.29 is 4.39 Å². The Morgan fingerprint density at radius 2 is 1.89 bits per heavy atom. The molecule has 5 rings (SSSR count). The number of rotatable bonds is 7. The zero-order chi connectivity index (χ0) is 24.4. The number of hydrogen-bond acceptors (Lipinski definition) is 6. The minimum atomic E-state index is -0.375. The van der Waals surface area contributed by atoms with E-state index in [-0.39, 0.29) is 5.82 Å². The van der Waals surface area contributed by atoms with E-state index < -0.39 is 0 Å². The second kappa shape index (κ2) is 10.3. The maximum atomic E-state index is 14.5. The van der Waals surface area contributed by atoms with Gasteiger partial charge in [0.2, 0.25) is 0 Å². The highest BCUT2D eigenvalue weighted by atomic mass is 35.5. The number of imidazole rings is 1. The number of nitrogens with zero attached hydrogens (tertiary/aromatic N) is 5. The third kappa shape index (κ3) is 5.29. The van der Waals surface area contributed by atoms with Crippen LogP contribution >= 0.6 is 11.6 Å². The molecule has 7 nitrogen and oxygen atoms in total. The maximum absolute atomic E-state index is 14.5. The SMILES string of the molecule is CC(C)N1CCN(CCNc2cnc3ccc(-c4nc[nH]c4-c4cc(Cl)ccc4F)nc3c2)CC1. The first-order valence-corrected chi connectivity index (χ1v) is 12.3. The largest absolute Gasteiger partial charge is 0.382 e. The van der Waals surface area contributed by atoms with Crippen LogP contribution in [0.2, 0.25) is 5.02 Å². The van der Waals surface area contributed by atoms with Crippen molar-refractivity contribution in [1.29, 1.82) is 0 Å². The quantitative estimate of drug-likeness (QED) is 0.381. The van der Waals surface area contributed by atoms with Crippen molar-refractivity contribution in [2.75, 3.05) is 44.6 Å². The van der Waals surface area contributed by atoms with E-state index in [4.69, 9.17) is 16.6 Å². The number of pyridine rings is 2. The van der Waals surface area contributed by atoms with Gasteiger partial charge >= 0.3 is 0 Å². The van der Waals surface area contributed by atoms with Gasteiger partial charge in [-0.25, -0.2) is 14.4 Å². The number of nitrogens with one attached hydrogen (secondary N) is 2. The van der Waals surface area contributed by atoms with Crippen molar-refractivity contribution in [3.63, 3.8) is 0 Å². The summed E-state index contributed by atoms with van der Waals surface area (Å²) in [5.41, 5.74) is 4.55. The molecule has 0 unspecified atom stereocenters. The smallest absolute Gasteiger partial charge is 0.132 e. The van der Waals surface area contributed by atoms with Crippen molar-refractivity contribution in [3.05, 3.63) is 59.8 Å². The Hall–Kier alpha value is -3.07. The number of fused-ring (bicyclic) bond motifs is 1. The van der Waals surface area contributed by atoms with E-state index in [0.717, 1.165) is 56.0 Å². The molecular weight excluding hydrogens is 465 g/mol. The molecule has 0 bridgehead atoms. The predicted octanol–water partition coefficient (Wildman–Crippen LogP) is 4.92. The van der Waals surface area contributed by atoms with Crippen LogP contribution in [0.25, 0.3) is 33.7 Å². The van der Waals surface area contributed by atoms with Crippen LogP contribution in [-0.4, -0.2) is 75.0 Å². The lowest BCUT2D eigenvalue weighted by Gasteiger charge is -2.36. The number of piperazine rings is 1. The standard InChI is InChI=1S/C26H29ClFN7/c1-17(2)35-11-9-34(10-12-35)8-7-29-19-14-24-22(30-15-19)5-6-23(33-24)26-25(31-16-32-26)20-13-18(27)3-4-21(20)28/h3-6,13-17,29H,7-12H2,1-2H3,(H,31,32). The number of hydrogen-bond donors (Lipinski definition) is 2. The second-order valence-corrected chi connectivity index (χ2v) is 9.54. The summed E-state index contributed by atoms with van der Waals surface area (Å²) >= 11 is 6.10. The molecule has 0 amide bonds. The summed E-state index contributed by atoms with van der Waals surface area (Å²) in [5, 5.41) is 3.93. The van der Waals surface area contributed by atoms with Gasteiger partial charge in [-0.1, -0.05) is 11.6 Å². The van der Waals surface area contributed by atoms with Gasteiger partial charge in [-0.3, -0.25) is 14.8 Å². The van der Waals surface area contributed by atoms with Crippen LogP contribution in [-0.2, 0) is 0 Å². The summed E-state index contributed by atoms with van der Waals surface area (Å²) in [4.78, 5) is 21.8. The van der Waals surface area contributed by atoms with E-state index in [9.17, 15) is 4.39 Å². The Labute approximate surface area is 209 Å². The van der Waals surface area contributed by atoms with Crippen LogP contribution in [0.3, 0.4) is 0 Å². The van der Waals surface area contributed by atoms with Crippen LogP contribution < -0.4 is 5.32 Å². The van der Waals surface area contributed by atoms with Crippen LogP contribution in [0, 0.1) is 5.82 Å². The summed E-state index contributed by atoms with van der Waals surface area (Å²) in [6.07, 6.45) is 3.37. The molecule has 2 N–H and O–H groups in total. The van der Waals surface area contributed by atoms with Gasteiger partial charge in [0.1, 0.15) is 11.5 Å². The molecule has 0 spiro atoms. The third-order valence-electron chi connectivity index (χ3n) is 6.51. The van der Waals surface area contributed by atoms with E-state index >= 15 is 0 Å². The first-order valence-electron chi connectivity index (χ1n) is 11.9. The fourth-order valence-corrected chi connectivity index (χ4v) is 4.65. The van der Waals surface area contributed by atoms with E-state index in [1.54, 1.807) is 6.07 Å². The van der Waals surface area contributed by atoms with Crippen LogP contribution in [0.1, 0.15) is 13.8 Å². The summed E-state index contributed by atoms with van der Waals surface area (Å²) in [7, 11) is 0. The zero-order valence-corrected chi connectivity index (χ0v) is 20.7. The Morgan fingerprint density at radius 1 is 1.06 bits per heavy atom. The Bertz CT molecular complexity index is 1310. The lowest BCUT2D eigenvalue weighted by atomic mass is 10.1. The van der Waals surface area contributed by atoms with Crippen LogP contribution in [0.5, 0.6) is 0 Å². The Kier molecular flexibility index (Phi) is 6.95. The van der Waals surface area contributed by atoms with Gasteiger partial charge in [0.15, 0.2) is 0 Å². The highest BCUT2D eigenvalue weighted by molar-refractivity contribution is 6.30. The van der Waals surface area contributed by atoms with Crippen LogP contribution in [0.15, 0.2) is 48.9 Å². The van der Waals surface area contributed by atoms with Gasteiger partial charge in [0.25, 0.3) is 0 Å². The summed E-state index contributed by atoms with van der Waals surface area (Å²) in [5.74, 6) is -0.375. The molecule has 1 aromatic carbocycles. The fourth-order valence-electron chi connectivity index (χ4n) is 4.48. The first-order chi connectivity index (χ1) is 17.0. The molecule has 182 valence electrons. The topological polar surface area (TPSA) is 73.0 Å². The monoisotopic (exact) mass is 493 g/mol. The van der Waals surface area contributed by atoms with E-state index in [2.05, 4.69) is 43.9 Å². The summed E-state index contributed by atoms with van der Waals surface area (Å²) in [6.45, 7) is 10.8. The second-order valence-electron chi connectivity index (χ2n) is 9.11. The number of anilines is 1. The zero-order valence-electron chi connectivity index (χ0n) is 19.9. The summed E-state index contributed by atoms with van der Waals surface area (Å²) < 4.78 is 14.5. The molecular formula is C26H29ClFN7. The van der Waals surface area contributed by atoms with Crippen LogP contribution in [0.4, 0.5) is 10.1 Å². The molecule has 0 aliphatic carbocycles. The summed E-state index contributed by atoms with van der Waals surface area (Å²) in [6, 6.07) is 10.8. The molecule has 4 heterocycles. The predicted molar refractivity (Wildman–Crippen MR) is 139 cm³/mol. The number of aromatic amines is 1. The van der Waals surface area contributed by atoms with Gasteiger partial charge in [-0.2, -0.15) is 0 Å². The minimum Gasteiger partial charge on any atom is -0.382 e. The van der Waals surface area contributed by atoms with Gasteiger partial charge in [-0.05, 0) is 50.2 Å². The van der Waals surface area contributed by atoms with Crippen molar-refractivity contribution in [1.82, 2.24) is 29.7 Å². The molecule has 0 radical (unpaired) electrons. The average molecular weight is 494 g/mol. The van der Waals surface area contributed by atoms with E-state index in [1.807, 2.05) is 24.4 Å². The number of benzene rings is 1. The highest BCUT2D eigenvalue weighted by Crippen LogP contribution is 2.32. The Balaban J connectivity index is 1.30. The van der Waals surface area contributed by atoms with Crippen molar-refractivity contribution in [3.8, 4) is 22.6 Å². The van der Waals surface area contributed by atoms with Crippen molar-refractivity contribution in [2.45, 2.75) is 19.9 Å². The normalized spacial score (nSPS) is 15.2.